The molecule has 0 aliphatic rings. The number of aliphatic hydroxyl groups is 1. The van der Waals surface area contributed by atoms with Crippen LogP contribution in [-0.4, -0.2) is 24.8 Å². The topological polar surface area (TPSA) is 67.3 Å². The van der Waals surface area contributed by atoms with E-state index in [2.05, 4.69) is 4.98 Å². The van der Waals surface area contributed by atoms with Crippen molar-refractivity contribution >= 4 is 21.2 Å². The van der Waals surface area contributed by atoms with Crippen molar-refractivity contribution in [1.29, 1.82) is 0 Å². The minimum atomic E-state index is -3.25. The van der Waals surface area contributed by atoms with E-state index in [1.807, 2.05) is 0 Å². The van der Waals surface area contributed by atoms with Gasteiger partial charge in [0.1, 0.15) is 5.60 Å². The highest BCUT2D eigenvalue weighted by molar-refractivity contribution is 7.92. The van der Waals surface area contributed by atoms with Gasteiger partial charge < -0.3 is 5.11 Å². The van der Waals surface area contributed by atoms with Gasteiger partial charge in [0.25, 0.3) is 0 Å². The van der Waals surface area contributed by atoms with E-state index in [4.69, 9.17) is 0 Å². The fourth-order valence-corrected chi connectivity index (χ4v) is 2.52. The van der Waals surface area contributed by atoms with Gasteiger partial charge in [-0.25, -0.2) is 13.4 Å². The lowest BCUT2D eigenvalue weighted by molar-refractivity contribution is 0.0741. The molecular formula is C7H11NO3S2. The number of hydrogen-bond acceptors (Lipinski definition) is 5. The maximum atomic E-state index is 11.0. The lowest BCUT2D eigenvalue weighted by Gasteiger charge is -2.12. The third-order valence-corrected chi connectivity index (χ3v) is 3.98. The Bertz CT molecular complexity index is 400. The second-order valence-corrected chi connectivity index (χ2v) is 6.38. The molecule has 0 unspecified atom stereocenters. The summed E-state index contributed by atoms with van der Waals surface area (Å²) in [6.07, 6.45) is 1.10. The molecule has 0 radical (unpaired) electrons. The van der Waals surface area contributed by atoms with Crippen molar-refractivity contribution in [2.24, 2.45) is 0 Å². The van der Waals surface area contributed by atoms with Gasteiger partial charge in [0.05, 0.1) is 5.69 Å². The van der Waals surface area contributed by atoms with E-state index in [-0.39, 0.29) is 4.34 Å². The SMILES string of the molecule is CC(C)(O)c1csc(S(C)(=O)=O)n1. The molecule has 74 valence electrons. The van der Waals surface area contributed by atoms with Gasteiger partial charge in [-0.2, -0.15) is 0 Å². The molecule has 0 amide bonds. The van der Waals surface area contributed by atoms with Crippen LogP contribution in [0.25, 0.3) is 0 Å². The van der Waals surface area contributed by atoms with Gasteiger partial charge in [-0.3, -0.25) is 0 Å². The quantitative estimate of drug-likeness (QED) is 0.801. The molecule has 1 N–H and O–H groups in total. The number of thiazole rings is 1. The molecule has 0 atom stereocenters. The normalized spacial score (nSPS) is 13.2. The van der Waals surface area contributed by atoms with Crippen LogP contribution in [0, 0.1) is 0 Å². The first kappa shape index (κ1) is 10.6. The zero-order valence-electron chi connectivity index (χ0n) is 7.60. The highest BCUT2D eigenvalue weighted by Gasteiger charge is 2.22. The average molecular weight is 221 g/mol. The molecule has 0 bridgehead atoms. The molecule has 0 aliphatic carbocycles. The largest absolute Gasteiger partial charge is 0.384 e. The molecule has 0 aliphatic heterocycles. The number of aromatic nitrogens is 1. The summed E-state index contributed by atoms with van der Waals surface area (Å²) in [5, 5.41) is 11.1. The summed E-state index contributed by atoms with van der Waals surface area (Å²) in [7, 11) is -3.25. The Kier molecular flexibility index (Phi) is 2.48. The zero-order chi connectivity index (χ0) is 10.3. The predicted molar refractivity (Wildman–Crippen MR) is 50.5 cm³/mol. The van der Waals surface area contributed by atoms with Gasteiger partial charge in [-0.05, 0) is 13.8 Å². The molecular weight excluding hydrogens is 210 g/mol. The van der Waals surface area contributed by atoms with Crippen LogP contribution in [0.3, 0.4) is 0 Å². The van der Waals surface area contributed by atoms with Crippen molar-refractivity contribution in [3.05, 3.63) is 11.1 Å². The van der Waals surface area contributed by atoms with E-state index >= 15 is 0 Å². The van der Waals surface area contributed by atoms with Crippen LogP contribution < -0.4 is 0 Å². The molecule has 0 aromatic carbocycles. The summed E-state index contributed by atoms with van der Waals surface area (Å²) in [5.41, 5.74) is -0.697. The monoisotopic (exact) mass is 221 g/mol. The fourth-order valence-electron chi connectivity index (χ4n) is 0.709. The molecule has 1 aromatic rings. The Morgan fingerprint density at radius 3 is 2.31 bits per heavy atom. The van der Waals surface area contributed by atoms with Gasteiger partial charge in [0.2, 0.25) is 14.2 Å². The molecule has 0 saturated carbocycles. The first-order chi connectivity index (χ1) is 5.71. The lowest BCUT2D eigenvalue weighted by atomic mass is 10.1. The fraction of sp³-hybridized carbons (Fsp3) is 0.571. The number of rotatable bonds is 2. The second kappa shape index (κ2) is 3.04. The van der Waals surface area contributed by atoms with Crippen LogP contribution in [0.2, 0.25) is 0 Å². The molecule has 1 aromatic heterocycles. The van der Waals surface area contributed by atoms with E-state index in [0.29, 0.717) is 5.69 Å². The first-order valence-electron chi connectivity index (χ1n) is 3.60. The molecule has 0 saturated heterocycles. The van der Waals surface area contributed by atoms with E-state index in [1.165, 1.54) is 0 Å². The number of sulfone groups is 1. The van der Waals surface area contributed by atoms with E-state index in [0.717, 1.165) is 17.6 Å². The van der Waals surface area contributed by atoms with Gasteiger partial charge in [-0.15, -0.1) is 11.3 Å². The van der Waals surface area contributed by atoms with Crippen molar-refractivity contribution in [3.8, 4) is 0 Å². The van der Waals surface area contributed by atoms with Crippen LogP contribution in [-0.2, 0) is 15.4 Å². The van der Waals surface area contributed by atoms with Crippen LogP contribution in [0.15, 0.2) is 9.72 Å². The van der Waals surface area contributed by atoms with Gasteiger partial charge >= 0.3 is 0 Å². The Balaban J connectivity index is 3.16. The average Bonchev–Trinajstić information content (AvgIpc) is 2.28. The summed E-state index contributed by atoms with van der Waals surface area (Å²) in [4.78, 5) is 3.83. The lowest BCUT2D eigenvalue weighted by Crippen LogP contribution is -2.16. The van der Waals surface area contributed by atoms with E-state index in [1.54, 1.807) is 19.2 Å². The maximum Gasteiger partial charge on any atom is 0.209 e. The summed E-state index contributed by atoms with van der Waals surface area (Å²) in [6.45, 7) is 3.13. The predicted octanol–water partition coefficient (Wildman–Crippen LogP) is 0.774. The van der Waals surface area contributed by atoms with Gasteiger partial charge in [0.15, 0.2) is 0 Å². The van der Waals surface area contributed by atoms with Crippen molar-refractivity contribution in [2.75, 3.05) is 6.26 Å². The first-order valence-corrected chi connectivity index (χ1v) is 6.37. The molecule has 0 spiro atoms. The smallest absolute Gasteiger partial charge is 0.209 e. The van der Waals surface area contributed by atoms with E-state index < -0.39 is 15.4 Å². The standard InChI is InChI=1S/C7H11NO3S2/c1-7(2,9)5-4-12-6(8-5)13(3,10)11/h4,9H,1-3H3. The highest BCUT2D eigenvalue weighted by atomic mass is 32.2. The zero-order valence-corrected chi connectivity index (χ0v) is 9.24. The molecule has 13 heavy (non-hydrogen) atoms. The molecule has 1 heterocycles. The van der Waals surface area contributed by atoms with Crippen molar-refractivity contribution in [2.45, 2.75) is 23.8 Å². The summed E-state index contributed by atoms with van der Waals surface area (Å²) in [6, 6.07) is 0. The van der Waals surface area contributed by atoms with Crippen molar-refractivity contribution in [1.82, 2.24) is 4.98 Å². The summed E-state index contributed by atoms with van der Waals surface area (Å²) >= 11 is 1.02. The van der Waals surface area contributed by atoms with Crippen LogP contribution >= 0.6 is 11.3 Å². The number of nitrogens with zero attached hydrogens (tertiary/aromatic N) is 1. The minimum absolute atomic E-state index is 0.0459. The Morgan fingerprint density at radius 1 is 1.54 bits per heavy atom. The van der Waals surface area contributed by atoms with Crippen LogP contribution in [0.1, 0.15) is 19.5 Å². The number of hydrogen-bond donors (Lipinski definition) is 1. The summed E-state index contributed by atoms with van der Waals surface area (Å²) < 4.78 is 22.1. The Labute approximate surface area is 81.2 Å². The molecule has 1 rings (SSSR count). The summed E-state index contributed by atoms with van der Waals surface area (Å²) in [5.74, 6) is 0. The third kappa shape index (κ3) is 2.49. The molecule has 0 fully saturated rings. The Hall–Kier alpha value is -0.460. The molecule has 6 heteroatoms. The Morgan fingerprint density at radius 2 is 2.08 bits per heavy atom. The van der Waals surface area contributed by atoms with Gasteiger partial charge in [-0.1, -0.05) is 0 Å². The second-order valence-electron chi connectivity index (χ2n) is 3.33. The van der Waals surface area contributed by atoms with Crippen LogP contribution in [0.4, 0.5) is 0 Å². The highest BCUT2D eigenvalue weighted by Crippen LogP contribution is 2.23. The van der Waals surface area contributed by atoms with E-state index in [9.17, 15) is 13.5 Å². The van der Waals surface area contributed by atoms with Crippen molar-refractivity contribution in [3.63, 3.8) is 0 Å². The molecule has 4 nitrogen and oxygen atoms in total. The third-order valence-electron chi connectivity index (χ3n) is 1.43. The van der Waals surface area contributed by atoms with Crippen LogP contribution in [0.5, 0.6) is 0 Å². The van der Waals surface area contributed by atoms with Crippen molar-refractivity contribution < 1.29 is 13.5 Å². The minimum Gasteiger partial charge on any atom is -0.384 e. The van der Waals surface area contributed by atoms with Gasteiger partial charge in [0, 0.05) is 11.6 Å². The maximum absolute atomic E-state index is 11.0.